The Morgan fingerprint density at radius 1 is 1.15 bits per heavy atom. The largest absolute Gasteiger partial charge is 0.460 e. The van der Waals surface area contributed by atoms with Crippen molar-refractivity contribution in [3.8, 4) is 0 Å². The zero-order valence-electron chi connectivity index (χ0n) is 13.4. The van der Waals surface area contributed by atoms with Crippen LogP contribution in [0.4, 0.5) is 0 Å². The molecule has 0 amide bonds. The van der Waals surface area contributed by atoms with Crippen LogP contribution in [0.15, 0.2) is 0 Å². The molecule has 0 aromatic heterocycles. The van der Waals surface area contributed by atoms with Gasteiger partial charge in [-0.25, -0.2) is 0 Å². The van der Waals surface area contributed by atoms with Gasteiger partial charge in [-0.15, -0.1) is 0 Å². The van der Waals surface area contributed by atoms with Crippen LogP contribution in [0.2, 0.25) is 0 Å². The second-order valence-corrected chi connectivity index (χ2v) is 7.18. The van der Waals surface area contributed by atoms with E-state index in [4.69, 9.17) is 4.74 Å². The van der Waals surface area contributed by atoms with Crippen LogP contribution in [-0.4, -0.2) is 60.1 Å². The van der Waals surface area contributed by atoms with E-state index in [1.807, 2.05) is 20.8 Å². The van der Waals surface area contributed by atoms with E-state index in [1.54, 1.807) is 0 Å². The molecule has 116 valence electrons. The van der Waals surface area contributed by atoms with Crippen molar-refractivity contribution in [3.05, 3.63) is 0 Å². The van der Waals surface area contributed by atoms with Crippen molar-refractivity contribution in [1.82, 2.24) is 9.80 Å². The number of esters is 1. The monoisotopic (exact) mass is 282 g/mol. The van der Waals surface area contributed by atoms with Crippen molar-refractivity contribution in [2.75, 3.05) is 32.7 Å². The van der Waals surface area contributed by atoms with Crippen LogP contribution in [0.25, 0.3) is 0 Å². The summed E-state index contributed by atoms with van der Waals surface area (Å²) in [5, 5.41) is 0. The third-order valence-corrected chi connectivity index (χ3v) is 4.19. The van der Waals surface area contributed by atoms with Crippen molar-refractivity contribution in [3.63, 3.8) is 0 Å². The molecule has 2 heterocycles. The van der Waals surface area contributed by atoms with Crippen LogP contribution >= 0.6 is 0 Å². The molecule has 2 saturated heterocycles. The van der Waals surface area contributed by atoms with Gasteiger partial charge in [0.25, 0.3) is 0 Å². The highest BCUT2D eigenvalue weighted by atomic mass is 16.6. The molecule has 0 aromatic rings. The first-order chi connectivity index (χ1) is 9.44. The van der Waals surface area contributed by atoms with Gasteiger partial charge in [-0.2, -0.15) is 0 Å². The average molecular weight is 282 g/mol. The van der Waals surface area contributed by atoms with E-state index in [1.165, 1.54) is 38.8 Å². The summed E-state index contributed by atoms with van der Waals surface area (Å²) in [6.07, 6.45) is 5.81. The van der Waals surface area contributed by atoms with Gasteiger partial charge < -0.3 is 9.64 Å². The first kappa shape index (κ1) is 15.8. The second kappa shape index (κ2) is 6.90. The summed E-state index contributed by atoms with van der Waals surface area (Å²) in [4.78, 5) is 16.9. The zero-order chi connectivity index (χ0) is 14.6. The highest BCUT2D eigenvalue weighted by molar-refractivity contribution is 5.70. The van der Waals surface area contributed by atoms with E-state index in [0.29, 0.717) is 12.5 Å². The summed E-state index contributed by atoms with van der Waals surface area (Å²) in [6, 6.07) is 0.713. The lowest BCUT2D eigenvalue weighted by atomic mass is 10.0. The number of rotatable bonds is 4. The lowest BCUT2D eigenvalue weighted by molar-refractivity contribution is -0.155. The van der Waals surface area contributed by atoms with Crippen molar-refractivity contribution in [2.24, 2.45) is 0 Å². The smallest absolute Gasteiger partial charge is 0.307 e. The Balaban J connectivity index is 1.71. The summed E-state index contributed by atoms with van der Waals surface area (Å²) in [5.74, 6) is -0.0687. The summed E-state index contributed by atoms with van der Waals surface area (Å²) >= 11 is 0. The Morgan fingerprint density at radius 3 is 2.50 bits per heavy atom. The van der Waals surface area contributed by atoms with Gasteiger partial charge in [0.1, 0.15) is 5.60 Å². The summed E-state index contributed by atoms with van der Waals surface area (Å²) in [5.41, 5.74) is -0.364. The number of piperidine rings is 1. The van der Waals surface area contributed by atoms with E-state index < -0.39 is 0 Å². The minimum absolute atomic E-state index is 0.0687. The normalized spacial score (nSPS) is 25.9. The highest BCUT2D eigenvalue weighted by Gasteiger charge is 2.27. The van der Waals surface area contributed by atoms with E-state index in [-0.39, 0.29) is 11.6 Å². The topological polar surface area (TPSA) is 32.8 Å². The van der Waals surface area contributed by atoms with Gasteiger partial charge >= 0.3 is 5.97 Å². The van der Waals surface area contributed by atoms with Crippen LogP contribution in [0.5, 0.6) is 0 Å². The number of carbonyl (C=O) groups is 1. The molecule has 0 radical (unpaired) electrons. The fourth-order valence-electron chi connectivity index (χ4n) is 3.28. The van der Waals surface area contributed by atoms with Gasteiger partial charge in [-0.05, 0) is 66.1 Å². The first-order valence-corrected chi connectivity index (χ1v) is 8.12. The van der Waals surface area contributed by atoms with Gasteiger partial charge in [-0.1, -0.05) is 0 Å². The van der Waals surface area contributed by atoms with Gasteiger partial charge in [0.05, 0.1) is 6.42 Å². The van der Waals surface area contributed by atoms with Gasteiger partial charge in [-0.3, -0.25) is 9.69 Å². The summed E-state index contributed by atoms with van der Waals surface area (Å²) in [6.45, 7) is 11.4. The number of carbonyl (C=O) groups excluding carboxylic acids is 1. The van der Waals surface area contributed by atoms with Crippen molar-refractivity contribution < 1.29 is 9.53 Å². The Hall–Kier alpha value is -0.610. The molecule has 0 aromatic carbocycles. The molecule has 0 spiro atoms. The average Bonchev–Trinajstić information content (AvgIpc) is 2.88. The fraction of sp³-hybridized carbons (Fsp3) is 0.938. The third-order valence-electron chi connectivity index (χ3n) is 4.19. The quantitative estimate of drug-likeness (QED) is 0.741. The number of hydrogen-bond donors (Lipinski definition) is 0. The third kappa shape index (κ3) is 5.06. The molecule has 2 aliphatic rings. The summed E-state index contributed by atoms with van der Waals surface area (Å²) in [7, 11) is 0. The maximum atomic E-state index is 11.8. The molecule has 20 heavy (non-hydrogen) atoms. The van der Waals surface area contributed by atoms with E-state index >= 15 is 0 Å². The number of likely N-dealkylation sites (tertiary alicyclic amines) is 2. The van der Waals surface area contributed by atoms with Crippen LogP contribution in [0.1, 0.15) is 52.9 Å². The molecule has 2 aliphatic heterocycles. The predicted molar refractivity (Wildman–Crippen MR) is 80.7 cm³/mol. The highest BCUT2D eigenvalue weighted by Crippen LogP contribution is 2.20. The Morgan fingerprint density at radius 2 is 1.85 bits per heavy atom. The number of hydrogen-bond acceptors (Lipinski definition) is 4. The molecule has 2 fully saturated rings. The first-order valence-electron chi connectivity index (χ1n) is 8.12. The standard InChI is InChI=1S/C16H30N2O2/c1-16(2,3)20-15(19)8-12-17-9-6-7-14(13-17)18-10-4-5-11-18/h14H,4-13H2,1-3H3/t14-/m1/s1. The molecular formula is C16H30N2O2. The Labute approximate surface area is 123 Å². The van der Waals surface area contributed by atoms with Crippen LogP contribution < -0.4 is 0 Å². The van der Waals surface area contributed by atoms with E-state index in [9.17, 15) is 4.79 Å². The van der Waals surface area contributed by atoms with E-state index in [0.717, 1.165) is 19.6 Å². The molecule has 0 saturated carbocycles. The Kier molecular flexibility index (Phi) is 5.44. The van der Waals surface area contributed by atoms with Crippen molar-refractivity contribution in [1.29, 1.82) is 0 Å². The molecule has 2 rings (SSSR count). The molecule has 4 nitrogen and oxygen atoms in total. The molecule has 0 bridgehead atoms. The predicted octanol–water partition coefficient (Wildman–Crippen LogP) is 2.28. The van der Waals surface area contributed by atoms with Crippen molar-refractivity contribution >= 4 is 5.97 Å². The summed E-state index contributed by atoms with van der Waals surface area (Å²) < 4.78 is 5.38. The minimum atomic E-state index is -0.364. The van der Waals surface area contributed by atoms with Gasteiger partial charge in [0.2, 0.25) is 0 Å². The molecule has 4 heteroatoms. The van der Waals surface area contributed by atoms with Gasteiger partial charge in [0, 0.05) is 19.1 Å². The molecule has 0 aliphatic carbocycles. The van der Waals surface area contributed by atoms with Crippen molar-refractivity contribution in [2.45, 2.75) is 64.5 Å². The molecular weight excluding hydrogens is 252 g/mol. The second-order valence-electron chi connectivity index (χ2n) is 7.18. The zero-order valence-corrected chi connectivity index (χ0v) is 13.4. The van der Waals surface area contributed by atoms with Crippen LogP contribution in [0.3, 0.4) is 0 Å². The SMILES string of the molecule is CC(C)(C)OC(=O)CCN1CCC[C@@H](N2CCCC2)C1. The lowest BCUT2D eigenvalue weighted by Gasteiger charge is -2.37. The number of nitrogens with zero attached hydrogens (tertiary/aromatic N) is 2. The Bertz CT molecular complexity index is 319. The maximum absolute atomic E-state index is 11.8. The van der Waals surface area contributed by atoms with E-state index in [2.05, 4.69) is 9.80 Å². The van der Waals surface area contributed by atoms with Crippen LogP contribution in [-0.2, 0) is 9.53 Å². The minimum Gasteiger partial charge on any atom is -0.460 e. The van der Waals surface area contributed by atoms with Gasteiger partial charge in [0.15, 0.2) is 0 Å². The maximum Gasteiger partial charge on any atom is 0.307 e. The molecule has 1 atom stereocenters. The molecule has 0 N–H and O–H groups in total. The fourth-order valence-corrected chi connectivity index (χ4v) is 3.28. The number of ether oxygens (including phenoxy) is 1. The molecule has 0 unspecified atom stereocenters. The lowest BCUT2D eigenvalue weighted by Crippen LogP contribution is -2.47. The van der Waals surface area contributed by atoms with Crippen LogP contribution in [0, 0.1) is 0 Å².